The molecule has 0 spiro atoms. The van der Waals surface area contributed by atoms with Crippen LogP contribution >= 0.6 is 11.8 Å². The van der Waals surface area contributed by atoms with E-state index in [1.807, 2.05) is 31.4 Å². The lowest BCUT2D eigenvalue weighted by Crippen LogP contribution is -2.38. The van der Waals surface area contributed by atoms with Crippen LogP contribution in [0.2, 0.25) is 0 Å². The van der Waals surface area contributed by atoms with Crippen LogP contribution in [0, 0.1) is 12.0 Å². The molecule has 1 radical (unpaired) electrons. The summed E-state index contributed by atoms with van der Waals surface area (Å²) in [5.41, 5.74) is 0. The third-order valence-electron chi connectivity index (χ3n) is 4.44. The van der Waals surface area contributed by atoms with E-state index in [4.69, 9.17) is 9.26 Å². The molecule has 1 aliphatic rings. The summed E-state index contributed by atoms with van der Waals surface area (Å²) in [5, 5.41) is 3.01. The monoisotopic (exact) mass is 386 g/mol. The van der Waals surface area contributed by atoms with Gasteiger partial charge in [-0.1, -0.05) is 0 Å². The summed E-state index contributed by atoms with van der Waals surface area (Å²) < 4.78 is 48.5. The molecule has 2 heterocycles. The molecule has 0 bridgehead atoms. The van der Waals surface area contributed by atoms with E-state index in [1.165, 1.54) is 0 Å². The number of halogens is 3. The number of ether oxygens (including phenoxy) is 1. The van der Waals surface area contributed by atoms with Gasteiger partial charge in [0, 0.05) is 18.0 Å². The molecule has 1 aliphatic heterocycles. The highest BCUT2D eigenvalue weighted by Gasteiger charge is 2.38. The van der Waals surface area contributed by atoms with Gasteiger partial charge in [0.1, 0.15) is 5.75 Å². The van der Waals surface area contributed by atoms with Crippen molar-refractivity contribution >= 4 is 17.8 Å². The van der Waals surface area contributed by atoms with Gasteiger partial charge < -0.3 is 14.2 Å². The van der Waals surface area contributed by atoms with Crippen LogP contribution in [0.1, 0.15) is 25.6 Å². The molecule has 1 aromatic heterocycles. The fourth-order valence-electron chi connectivity index (χ4n) is 2.95. The molecule has 1 unspecified atom stereocenters. The standard InChI is InChI=1S/C17H19F3N3O2S/c1-11(24-13-4-3-5-14(10-13)26-2)12-6-8-23(9-7-12)16-21-15(22-25-16)17(18,19)20/h4-5,10-12H,6-9H2,1-2H3. The molecule has 5 nitrogen and oxygen atoms in total. The predicted octanol–water partition coefficient (Wildman–Crippen LogP) is 4.29. The van der Waals surface area contributed by atoms with Crippen molar-refractivity contribution in [2.75, 3.05) is 24.2 Å². The van der Waals surface area contributed by atoms with Crippen molar-refractivity contribution in [1.82, 2.24) is 10.1 Å². The molecule has 0 aliphatic carbocycles. The lowest BCUT2D eigenvalue weighted by Gasteiger charge is -2.33. The smallest absolute Gasteiger partial charge is 0.455 e. The Labute approximate surface area is 153 Å². The van der Waals surface area contributed by atoms with Gasteiger partial charge in [-0.2, -0.15) is 18.2 Å². The second kappa shape index (κ2) is 7.77. The summed E-state index contributed by atoms with van der Waals surface area (Å²) in [6, 6.07) is 8.67. The number of aromatic nitrogens is 2. The Morgan fingerprint density at radius 2 is 2.08 bits per heavy atom. The normalized spacial score (nSPS) is 17.3. The first-order chi connectivity index (χ1) is 12.4. The van der Waals surface area contributed by atoms with E-state index < -0.39 is 12.0 Å². The fourth-order valence-corrected chi connectivity index (χ4v) is 3.37. The molecule has 0 amide bonds. The highest BCUT2D eigenvalue weighted by molar-refractivity contribution is 7.98. The second-order valence-corrected chi connectivity index (χ2v) is 7.03. The van der Waals surface area contributed by atoms with Crippen LogP contribution in [0.25, 0.3) is 0 Å². The summed E-state index contributed by atoms with van der Waals surface area (Å²) >= 11 is 1.63. The van der Waals surface area contributed by atoms with Crippen LogP contribution in [-0.4, -0.2) is 35.6 Å². The van der Waals surface area contributed by atoms with Crippen molar-refractivity contribution in [3.05, 3.63) is 30.1 Å². The van der Waals surface area contributed by atoms with E-state index in [0.717, 1.165) is 23.5 Å². The topological polar surface area (TPSA) is 51.4 Å². The van der Waals surface area contributed by atoms with Gasteiger partial charge in [0.25, 0.3) is 5.82 Å². The average molecular weight is 386 g/mol. The summed E-state index contributed by atoms with van der Waals surface area (Å²) in [6.07, 6.45) is -1.05. The molecule has 1 aromatic carbocycles. The number of anilines is 1. The number of rotatable bonds is 5. The maximum absolute atomic E-state index is 12.6. The van der Waals surface area contributed by atoms with Gasteiger partial charge in [0.05, 0.1) is 6.10 Å². The molecule has 2 aromatic rings. The van der Waals surface area contributed by atoms with Crippen molar-refractivity contribution in [3.8, 4) is 5.75 Å². The first-order valence-electron chi connectivity index (χ1n) is 8.24. The van der Waals surface area contributed by atoms with E-state index in [0.29, 0.717) is 19.0 Å². The molecule has 141 valence electrons. The Hall–Kier alpha value is -1.90. The maximum Gasteiger partial charge on any atom is 0.455 e. The van der Waals surface area contributed by atoms with E-state index in [9.17, 15) is 13.2 Å². The SMILES string of the molecule is CSc1c[c]cc(OC(C)C2CCN(c3nc(C(F)(F)F)no3)CC2)c1. The van der Waals surface area contributed by atoms with Crippen molar-refractivity contribution in [1.29, 1.82) is 0 Å². The second-order valence-electron chi connectivity index (χ2n) is 6.15. The maximum atomic E-state index is 12.6. The molecule has 3 rings (SSSR count). The Morgan fingerprint density at radius 3 is 2.69 bits per heavy atom. The highest BCUT2D eigenvalue weighted by atomic mass is 32.2. The largest absolute Gasteiger partial charge is 0.490 e. The molecule has 1 atom stereocenters. The third-order valence-corrected chi connectivity index (χ3v) is 5.14. The minimum atomic E-state index is -4.59. The zero-order valence-corrected chi connectivity index (χ0v) is 15.2. The van der Waals surface area contributed by atoms with Gasteiger partial charge >= 0.3 is 12.2 Å². The lowest BCUT2D eigenvalue weighted by molar-refractivity contribution is -0.146. The van der Waals surface area contributed by atoms with Crippen LogP contribution in [0.3, 0.4) is 0 Å². The average Bonchev–Trinajstić information content (AvgIpc) is 3.12. The molecule has 1 saturated heterocycles. The van der Waals surface area contributed by atoms with E-state index >= 15 is 0 Å². The molecule has 26 heavy (non-hydrogen) atoms. The van der Waals surface area contributed by atoms with Gasteiger partial charge in [-0.3, -0.25) is 0 Å². The molecule has 1 fully saturated rings. The minimum absolute atomic E-state index is 0.00363. The van der Waals surface area contributed by atoms with Gasteiger partial charge in [0.2, 0.25) is 0 Å². The zero-order chi connectivity index (χ0) is 18.7. The molecule has 0 saturated carbocycles. The fraction of sp³-hybridized carbons (Fsp3) is 0.529. The number of hydrogen-bond donors (Lipinski definition) is 0. The van der Waals surface area contributed by atoms with Gasteiger partial charge in [-0.15, -0.1) is 11.8 Å². The first-order valence-corrected chi connectivity index (χ1v) is 9.47. The number of piperidine rings is 1. The lowest BCUT2D eigenvalue weighted by atomic mass is 9.92. The van der Waals surface area contributed by atoms with Crippen molar-refractivity contribution in [2.45, 2.75) is 36.9 Å². The Kier molecular flexibility index (Phi) is 5.64. The van der Waals surface area contributed by atoms with Gasteiger partial charge in [0.15, 0.2) is 0 Å². The highest BCUT2D eigenvalue weighted by Crippen LogP contribution is 2.31. The number of benzene rings is 1. The van der Waals surface area contributed by atoms with Gasteiger partial charge in [-0.25, -0.2) is 0 Å². The number of nitrogens with zero attached hydrogens (tertiary/aromatic N) is 3. The Morgan fingerprint density at radius 1 is 1.35 bits per heavy atom. The van der Waals surface area contributed by atoms with Crippen LogP contribution in [0.5, 0.6) is 5.75 Å². The van der Waals surface area contributed by atoms with Crippen molar-refractivity contribution < 1.29 is 22.4 Å². The molecule has 9 heteroatoms. The summed E-state index contributed by atoms with van der Waals surface area (Å²) in [5.74, 6) is -0.163. The number of hydrogen-bond acceptors (Lipinski definition) is 6. The molecular weight excluding hydrogens is 367 g/mol. The van der Waals surface area contributed by atoms with Crippen molar-refractivity contribution in [2.24, 2.45) is 5.92 Å². The molecule has 0 N–H and O–H groups in total. The van der Waals surface area contributed by atoms with Crippen LogP contribution in [0.4, 0.5) is 19.2 Å². The van der Waals surface area contributed by atoms with Crippen LogP contribution < -0.4 is 9.64 Å². The summed E-state index contributed by atoms with van der Waals surface area (Å²) in [4.78, 5) is 6.22. The number of alkyl halides is 3. The Balaban J connectivity index is 1.55. The van der Waals surface area contributed by atoms with E-state index in [1.54, 1.807) is 16.7 Å². The molecular formula is C17H19F3N3O2S. The van der Waals surface area contributed by atoms with E-state index in [2.05, 4.69) is 16.2 Å². The quantitative estimate of drug-likeness (QED) is 0.715. The van der Waals surface area contributed by atoms with Crippen LogP contribution in [0.15, 0.2) is 27.6 Å². The number of thioether (sulfide) groups is 1. The third kappa shape index (κ3) is 4.44. The Bertz CT molecular complexity index is 730. The minimum Gasteiger partial charge on any atom is -0.490 e. The van der Waals surface area contributed by atoms with Crippen molar-refractivity contribution in [3.63, 3.8) is 0 Å². The van der Waals surface area contributed by atoms with Gasteiger partial charge in [-0.05, 0) is 61.4 Å². The summed E-state index contributed by atoms with van der Waals surface area (Å²) in [7, 11) is 0. The predicted molar refractivity (Wildman–Crippen MR) is 91.4 cm³/mol. The van der Waals surface area contributed by atoms with E-state index in [-0.39, 0.29) is 12.1 Å². The zero-order valence-electron chi connectivity index (χ0n) is 14.4. The summed E-state index contributed by atoms with van der Waals surface area (Å²) in [6.45, 7) is 3.12. The first kappa shape index (κ1) is 18.9. The van der Waals surface area contributed by atoms with Crippen LogP contribution in [-0.2, 0) is 6.18 Å².